The quantitative estimate of drug-likeness (QED) is 0.591. The molecule has 0 unspecified atom stereocenters. The minimum absolute atomic E-state index is 0.0774. The molecule has 2 bridgehead atoms. The first-order chi connectivity index (χ1) is 10.7. The van der Waals surface area contributed by atoms with E-state index in [9.17, 15) is 9.90 Å². The van der Waals surface area contributed by atoms with Crippen LogP contribution in [0.4, 0.5) is 0 Å². The van der Waals surface area contributed by atoms with Crippen molar-refractivity contribution in [3.8, 4) is 0 Å². The number of ether oxygens (including phenoxy) is 1. The molecule has 0 aromatic carbocycles. The number of carbonyl (C=O) groups excluding carboxylic acids is 1. The molecule has 0 aromatic heterocycles. The lowest BCUT2D eigenvalue weighted by atomic mass is 9.45. The number of rotatable bonds is 1. The Hall–Kier alpha value is -1.09. The molecular weight excluding hydrogens is 288 g/mol. The molecule has 0 radical (unpaired) electrons. The van der Waals surface area contributed by atoms with E-state index in [4.69, 9.17) is 4.74 Å². The lowest BCUT2D eigenvalue weighted by molar-refractivity contribution is -0.167. The lowest BCUT2D eigenvalue weighted by Gasteiger charge is -2.56. The number of aliphatic hydroxyl groups is 1. The highest BCUT2D eigenvalue weighted by atomic mass is 16.6. The second-order valence-electron chi connectivity index (χ2n) is 9.12. The third-order valence-electron chi connectivity index (χ3n) is 7.59. The van der Waals surface area contributed by atoms with Crippen LogP contribution in [0.3, 0.4) is 0 Å². The van der Waals surface area contributed by atoms with Crippen LogP contribution < -0.4 is 0 Å². The Morgan fingerprint density at radius 3 is 2.74 bits per heavy atom. The summed E-state index contributed by atoms with van der Waals surface area (Å²) in [6.07, 6.45) is 8.89. The molecular formula is C20H28O3. The summed E-state index contributed by atoms with van der Waals surface area (Å²) in [7, 11) is 0. The van der Waals surface area contributed by atoms with Crippen LogP contribution in [0.2, 0.25) is 0 Å². The van der Waals surface area contributed by atoms with Crippen molar-refractivity contribution in [3.05, 3.63) is 24.3 Å². The number of carbonyl (C=O) groups is 1. The minimum atomic E-state index is -0.803. The van der Waals surface area contributed by atoms with Gasteiger partial charge in [-0.2, -0.15) is 0 Å². The topological polar surface area (TPSA) is 46.5 Å². The molecule has 5 atom stereocenters. The van der Waals surface area contributed by atoms with Gasteiger partial charge >= 0.3 is 5.97 Å². The van der Waals surface area contributed by atoms with Gasteiger partial charge in [-0.1, -0.05) is 39.3 Å². The van der Waals surface area contributed by atoms with Crippen LogP contribution in [0.1, 0.15) is 59.3 Å². The van der Waals surface area contributed by atoms with Crippen molar-refractivity contribution < 1.29 is 14.6 Å². The van der Waals surface area contributed by atoms with Crippen molar-refractivity contribution >= 4 is 5.97 Å². The molecule has 1 N–H and O–H groups in total. The SMILES string of the molecule is C=C[C@@]1(C)CC=C2[C@@]34CCCC(C)(C)[C@@H]3CC[C@@]2(OC4=O)[C@H]1O. The number of aliphatic hydroxyl groups excluding tert-OH is 1. The maximum atomic E-state index is 13.1. The molecule has 2 saturated carbocycles. The van der Waals surface area contributed by atoms with Crippen molar-refractivity contribution in [1.29, 1.82) is 0 Å². The average Bonchev–Trinajstić information content (AvgIpc) is 2.64. The highest BCUT2D eigenvalue weighted by Gasteiger charge is 2.73. The Balaban J connectivity index is 1.91. The van der Waals surface area contributed by atoms with Crippen LogP contribution in [-0.4, -0.2) is 22.8 Å². The van der Waals surface area contributed by atoms with Gasteiger partial charge in [0.05, 0.1) is 5.41 Å². The van der Waals surface area contributed by atoms with Gasteiger partial charge in [0.2, 0.25) is 0 Å². The first-order valence-corrected chi connectivity index (χ1v) is 8.99. The lowest BCUT2D eigenvalue weighted by Crippen LogP contribution is -2.59. The van der Waals surface area contributed by atoms with Crippen molar-refractivity contribution in [2.24, 2.45) is 22.2 Å². The van der Waals surface area contributed by atoms with Crippen molar-refractivity contribution in [1.82, 2.24) is 0 Å². The summed E-state index contributed by atoms with van der Waals surface area (Å²) in [4.78, 5) is 13.1. The normalized spacial score (nSPS) is 50.4. The highest BCUT2D eigenvalue weighted by molar-refractivity contribution is 5.87. The fraction of sp³-hybridized carbons (Fsp3) is 0.750. The first-order valence-electron chi connectivity index (χ1n) is 8.99. The summed E-state index contributed by atoms with van der Waals surface area (Å²) in [6.45, 7) is 10.5. The summed E-state index contributed by atoms with van der Waals surface area (Å²) in [5.41, 5.74) is -0.456. The molecule has 1 saturated heterocycles. The average molecular weight is 316 g/mol. The molecule has 3 nitrogen and oxygen atoms in total. The van der Waals surface area contributed by atoms with Crippen LogP contribution in [0.15, 0.2) is 24.3 Å². The van der Waals surface area contributed by atoms with E-state index < -0.39 is 22.5 Å². The fourth-order valence-corrected chi connectivity index (χ4v) is 6.24. The molecule has 23 heavy (non-hydrogen) atoms. The zero-order valence-corrected chi connectivity index (χ0v) is 14.5. The Labute approximate surface area is 138 Å². The number of esters is 1. The van der Waals surface area contributed by atoms with Gasteiger partial charge in [-0.25, -0.2) is 0 Å². The molecule has 3 heteroatoms. The molecule has 0 amide bonds. The molecule has 1 spiro atoms. The van der Waals surface area contributed by atoms with Gasteiger partial charge < -0.3 is 9.84 Å². The second kappa shape index (κ2) is 4.30. The maximum Gasteiger partial charge on any atom is 0.317 e. The van der Waals surface area contributed by atoms with Crippen LogP contribution in [0.5, 0.6) is 0 Å². The molecule has 4 aliphatic rings. The van der Waals surface area contributed by atoms with E-state index in [-0.39, 0.29) is 11.4 Å². The van der Waals surface area contributed by atoms with Crippen molar-refractivity contribution in [3.63, 3.8) is 0 Å². The summed E-state index contributed by atoms with van der Waals surface area (Å²) in [5.74, 6) is 0.254. The van der Waals surface area contributed by atoms with E-state index in [1.54, 1.807) is 0 Å². The predicted molar refractivity (Wildman–Crippen MR) is 88.6 cm³/mol. The van der Waals surface area contributed by atoms with Crippen molar-refractivity contribution in [2.75, 3.05) is 0 Å². The monoisotopic (exact) mass is 316 g/mol. The Bertz CT molecular complexity index is 618. The van der Waals surface area contributed by atoms with Gasteiger partial charge in [0.15, 0.2) is 5.60 Å². The number of hydrogen-bond acceptors (Lipinski definition) is 3. The standard InChI is InChI=1S/C20H28O3/c1-5-18(4)11-7-14-19-10-6-9-17(2,3)13(19)8-12-20(14,15(18)21)23-16(19)22/h5,7,13,15,21H,1,6,8-12H2,2-4H3/t13-,15-,18-,19+,20-/m0/s1. The van der Waals surface area contributed by atoms with Crippen LogP contribution in [0.25, 0.3) is 0 Å². The van der Waals surface area contributed by atoms with Gasteiger partial charge in [0.1, 0.15) is 6.10 Å². The zero-order valence-electron chi connectivity index (χ0n) is 14.5. The fourth-order valence-electron chi connectivity index (χ4n) is 6.24. The van der Waals surface area contributed by atoms with Gasteiger partial charge in [0.25, 0.3) is 0 Å². The van der Waals surface area contributed by atoms with E-state index in [1.807, 2.05) is 13.0 Å². The summed E-state index contributed by atoms with van der Waals surface area (Å²) >= 11 is 0. The van der Waals surface area contributed by atoms with Gasteiger partial charge in [-0.15, -0.1) is 6.58 Å². The number of hydrogen-bond donors (Lipinski definition) is 1. The third-order valence-corrected chi connectivity index (χ3v) is 7.59. The molecule has 1 heterocycles. The first kappa shape index (κ1) is 15.4. The zero-order chi connectivity index (χ0) is 16.7. The molecule has 0 aromatic rings. The molecule has 1 aliphatic heterocycles. The van der Waals surface area contributed by atoms with E-state index >= 15 is 0 Å². The Kier molecular flexibility index (Phi) is 2.89. The van der Waals surface area contributed by atoms with Gasteiger partial charge in [0, 0.05) is 5.41 Å². The van der Waals surface area contributed by atoms with E-state index in [2.05, 4.69) is 26.5 Å². The molecule has 126 valence electrons. The summed E-state index contributed by atoms with van der Waals surface area (Å²) in [5, 5.41) is 11.1. The van der Waals surface area contributed by atoms with E-state index in [0.29, 0.717) is 5.92 Å². The largest absolute Gasteiger partial charge is 0.451 e. The van der Waals surface area contributed by atoms with Crippen LogP contribution in [0, 0.1) is 22.2 Å². The Morgan fingerprint density at radius 1 is 1.30 bits per heavy atom. The Morgan fingerprint density at radius 2 is 2.04 bits per heavy atom. The second-order valence-corrected chi connectivity index (χ2v) is 9.12. The predicted octanol–water partition coefficient (Wildman–Crippen LogP) is 3.77. The number of allylic oxidation sites excluding steroid dienone is 1. The molecule has 4 rings (SSSR count). The highest BCUT2D eigenvalue weighted by Crippen LogP contribution is 2.69. The van der Waals surface area contributed by atoms with Gasteiger partial charge in [-0.05, 0) is 49.0 Å². The molecule has 3 aliphatic carbocycles. The minimum Gasteiger partial charge on any atom is -0.451 e. The maximum absolute atomic E-state index is 13.1. The summed E-state index contributed by atoms with van der Waals surface area (Å²) in [6, 6.07) is 0. The van der Waals surface area contributed by atoms with Crippen LogP contribution >= 0.6 is 0 Å². The van der Waals surface area contributed by atoms with Crippen LogP contribution in [-0.2, 0) is 9.53 Å². The van der Waals surface area contributed by atoms with E-state index in [0.717, 1.165) is 37.7 Å². The van der Waals surface area contributed by atoms with Gasteiger partial charge in [-0.3, -0.25) is 4.79 Å². The smallest absolute Gasteiger partial charge is 0.317 e. The molecule has 3 fully saturated rings. The van der Waals surface area contributed by atoms with Crippen molar-refractivity contribution in [2.45, 2.75) is 71.0 Å². The van der Waals surface area contributed by atoms with E-state index in [1.165, 1.54) is 6.42 Å². The third kappa shape index (κ3) is 1.57. The summed E-state index contributed by atoms with van der Waals surface area (Å²) < 4.78 is 6.03.